The lowest BCUT2D eigenvalue weighted by atomic mass is 9.89. The first kappa shape index (κ1) is 14.9. The van der Waals surface area contributed by atoms with E-state index in [0.29, 0.717) is 0 Å². The van der Waals surface area contributed by atoms with Crippen LogP contribution in [0.3, 0.4) is 0 Å². The van der Waals surface area contributed by atoms with Crippen LogP contribution in [-0.2, 0) is 12.0 Å². The topological polar surface area (TPSA) is 40.7 Å². The van der Waals surface area contributed by atoms with Crippen molar-refractivity contribution in [3.8, 4) is 11.1 Å². The summed E-state index contributed by atoms with van der Waals surface area (Å²) in [6.45, 7) is 7.33. The van der Waals surface area contributed by atoms with Gasteiger partial charge in [0.1, 0.15) is 0 Å². The lowest BCUT2D eigenvalue weighted by Crippen LogP contribution is -2.15. The Labute approximate surface area is 135 Å². The van der Waals surface area contributed by atoms with Gasteiger partial charge in [-0.3, -0.25) is 5.10 Å². The van der Waals surface area contributed by atoms with E-state index in [0.717, 1.165) is 17.9 Å². The fourth-order valence-electron chi connectivity index (χ4n) is 2.51. The van der Waals surface area contributed by atoms with Crippen molar-refractivity contribution < 1.29 is 0 Å². The van der Waals surface area contributed by atoms with Crippen molar-refractivity contribution in [2.75, 3.05) is 5.32 Å². The molecule has 114 valence electrons. The van der Waals surface area contributed by atoms with Crippen LogP contribution in [0.25, 0.3) is 11.1 Å². The normalized spacial score (nSPS) is 11.6. The minimum Gasteiger partial charge on any atom is -0.381 e. The third-order valence-electron chi connectivity index (χ3n) is 3.65. The highest BCUT2D eigenvalue weighted by Crippen LogP contribution is 2.26. The summed E-state index contributed by atoms with van der Waals surface area (Å²) in [5.41, 5.74) is 6.05. The molecule has 0 amide bonds. The Hall–Kier alpha value is -2.07. The molecule has 0 bridgehead atoms. The van der Waals surface area contributed by atoms with Gasteiger partial charge < -0.3 is 5.32 Å². The summed E-state index contributed by atoms with van der Waals surface area (Å²) in [5.74, 6) is 0. The number of hydrogen-bond acceptors (Lipinski definition) is 3. The van der Waals surface area contributed by atoms with Crippen molar-refractivity contribution in [1.29, 1.82) is 0 Å². The number of anilines is 1. The second-order valence-corrected chi connectivity index (χ2v) is 7.23. The number of hydrogen-bond donors (Lipinski definition) is 2. The molecule has 0 atom stereocenters. The van der Waals surface area contributed by atoms with Crippen LogP contribution < -0.4 is 5.32 Å². The third kappa shape index (κ3) is 3.22. The molecule has 0 aliphatic carbocycles. The summed E-state index contributed by atoms with van der Waals surface area (Å²) >= 11 is 1.72. The zero-order valence-corrected chi connectivity index (χ0v) is 14.0. The van der Waals surface area contributed by atoms with Gasteiger partial charge in [-0.2, -0.15) is 16.4 Å². The van der Waals surface area contributed by atoms with Crippen LogP contribution in [0.15, 0.2) is 47.3 Å². The van der Waals surface area contributed by atoms with E-state index in [9.17, 15) is 0 Å². The molecule has 3 aromatic rings. The summed E-state index contributed by atoms with van der Waals surface area (Å²) < 4.78 is 0. The van der Waals surface area contributed by atoms with Crippen LogP contribution in [0.4, 0.5) is 5.69 Å². The first-order valence-corrected chi connectivity index (χ1v) is 8.38. The molecule has 2 N–H and O–H groups in total. The molecule has 0 unspecified atom stereocenters. The summed E-state index contributed by atoms with van der Waals surface area (Å²) in [6, 6.07) is 10.7. The largest absolute Gasteiger partial charge is 0.381 e. The minimum atomic E-state index is 0.0554. The molecule has 3 rings (SSSR count). The third-order valence-corrected chi connectivity index (χ3v) is 4.34. The maximum Gasteiger partial charge on any atom is 0.0725 e. The highest BCUT2D eigenvalue weighted by atomic mass is 32.1. The summed E-state index contributed by atoms with van der Waals surface area (Å²) in [6.07, 6.45) is 1.98. The number of rotatable bonds is 4. The molecule has 0 saturated carbocycles. The van der Waals surface area contributed by atoms with Gasteiger partial charge in [-0.1, -0.05) is 32.9 Å². The Morgan fingerprint density at radius 1 is 1.09 bits per heavy atom. The van der Waals surface area contributed by atoms with Gasteiger partial charge in [-0.25, -0.2) is 0 Å². The molecule has 0 radical (unpaired) electrons. The quantitative estimate of drug-likeness (QED) is 0.708. The highest BCUT2D eigenvalue weighted by Gasteiger charge is 2.20. The molecule has 0 aliphatic heterocycles. The van der Waals surface area contributed by atoms with E-state index >= 15 is 0 Å². The summed E-state index contributed by atoms with van der Waals surface area (Å²) in [5, 5.41) is 15.1. The van der Waals surface area contributed by atoms with Crippen LogP contribution in [0, 0.1) is 0 Å². The van der Waals surface area contributed by atoms with Gasteiger partial charge in [0.2, 0.25) is 0 Å². The van der Waals surface area contributed by atoms with Gasteiger partial charge in [0.25, 0.3) is 0 Å². The van der Waals surface area contributed by atoms with E-state index in [2.05, 4.69) is 77.4 Å². The number of aromatic nitrogens is 2. The number of benzene rings is 1. The molecule has 1 aromatic carbocycles. The van der Waals surface area contributed by atoms with Gasteiger partial charge >= 0.3 is 0 Å². The standard InChI is InChI=1S/C18H21N3S/c1-18(2,3)17-15(11-20-21-17)10-19-16-6-4-13(5-7-16)14-8-9-22-12-14/h4-9,11-12,19H,10H2,1-3H3,(H,20,21). The molecule has 0 saturated heterocycles. The van der Waals surface area contributed by atoms with Crippen molar-refractivity contribution in [1.82, 2.24) is 10.2 Å². The van der Waals surface area contributed by atoms with Gasteiger partial charge in [-0.15, -0.1) is 0 Å². The molecular formula is C18H21N3S. The maximum atomic E-state index is 4.38. The Kier molecular flexibility index (Phi) is 4.03. The van der Waals surface area contributed by atoms with Crippen LogP contribution in [-0.4, -0.2) is 10.2 Å². The zero-order chi connectivity index (χ0) is 15.6. The molecule has 0 fully saturated rings. The fraction of sp³-hybridized carbons (Fsp3) is 0.278. The van der Waals surface area contributed by atoms with Crippen molar-refractivity contribution in [2.24, 2.45) is 0 Å². The van der Waals surface area contributed by atoms with Crippen molar-refractivity contribution in [3.63, 3.8) is 0 Å². The van der Waals surface area contributed by atoms with Crippen LogP contribution in [0.5, 0.6) is 0 Å². The Balaban J connectivity index is 1.69. The molecule has 3 nitrogen and oxygen atoms in total. The molecule has 2 aromatic heterocycles. The van der Waals surface area contributed by atoms with Crippen LogP contribution >= 0.6 is 11.3 Å². The van der Waals surface area contributed by atoms with Gasteiger partial charge in [-0.05, 0) is 40.1 Å². The maximum absolute atomic E-state index is 4.38. The average molecular weight is 311 g/mol. The first-order chi connectivity index (χ1) is 10.5. The smallest absolute Gasteiger partial charge is 0.0725 e. The minimum absolute atomic E-state index is 0.0554. The lowest BCUT2D eigenvalue weighted by Gasteiger charge is -2.17. The summed E-state index contributed by atoms with van der Waals surface area (Å²) in [4.78, 5) is 0. The predicted molar refractivity (Wildman–Crippen MR) is 94.4 cm³/mol. The van der Waals surface area contributed by atoms with E-state index in [1.54, 1.807) is 11.3 Å². The first-order valence-electron chi connectivity index (χ1n) is 7.44. The van der Waals surface area contributed by atoms with E-state index in [1.165, 1.54) is 16.7 Å². The second-order valence-electron chi connectivity index (χ2n) is 6.45. The van der Waals surface area contributed by atoms with Crippen LogP contribution in [0.1, 0.15) is 32.0 Å². The number of nitrogens with zero attached hydrogens (tertiary/aromatic N) is 1. The SMILES string of the molecule is CC(C)(C)c1n[nH]cc1CNc1ccc(-c2ccsc2)cc1. The van der Waals surface area contributed by atoms with Crippen LogP contribution in [0.2, 0.25) is 0 Å². The fourth-order valence-corrected chi connectivity index (χ4v) is 3.17. The zero-order valence-electron chi connectivity index (χ0n) is 13.2. The number of nitrogens with one attached hydrogen (secondary N) is 2. The van der Waals surface area contributed by atoms with Crippen molar-refractivity contribution >= 4 is 17.0 Å². The number of thiophene rings is 1. The molecular weight excluding hydrogens is 290 g/mol. The Bertz CT molecular complexity index is 719. The predicted octanol–water partition coefficient (Wildman–Crippen LogP) is 5.05. The average Bonchev–Trinajstić information content (AvgIpc) is 3.16. The van der Waals surface area contributed by atoms with E-state index < -0.39 is 0 Å². The van der Waals surface area contributed by atoms with Gasteiger partial charge in [0, 0.05) is 29.4 Å². The van der Waals surface area contributed by atoms with E-state index in [4.69, 9.17) is 0 Å². The van der Waals surface area contributed by atoms with E-state index in [1.807, 2.05) is 6.20 Å². The lowest BCUT2D eigenvalue weighted by molar-refractivity contribution is 0.561. The molecule has 0 spiro atoms. The summed E-state index contributed by atoms with van der Waals surface area (Å²) in [7, 11) is 0. The number of H-pyrrole nitrogens is 1. The Morgan fingerprint density at radius 2 is 1.86 bits per heavy atom. The highest BCUT2D eigenvalue weighted by molar-refractivity contribution is 7.08. The molecule has 2 heterocycles. The van der Waals surface area contributed by atoms with E-state index in [-0.39, 0.29) is 5.41 Å². The van der Waals surface area contributed by atoms with Crippen molar-refractivity contribution in [3.05, 3.63) is 58.5 Å². The molecule has 22 heavy (non-hydrogen) atoms. The number of aromatic amines is 1. The van der Waals surface area contributed by atoms with Gasteiger partial charge in [0.05, 0.1) is 5.69 Å². The second kappa shape index (κ2) is 5.97. The molecule has 0 aliphatic rings. The van der Waals surface area contributed by atoms with Crippen molar-refractivity contribution in [2.45, 2.75) is 32.7 Å². The molecule has 4 heteroatoms. The monoisotopic (exact) mass is 311 g/mol. The Morgan fingerprint density at radius 3 is 2.50 bits per heavy atom. The van der Waals surface area contributed by atoms with Gasteiger partial charge in [0.15, 0.2) is 0 Å².